The van der Waals surface area contributed by atoms with Crippen LogP contribution in [0.2, 0.25) is 5.02 Å². The molecule has 0 radical (unpaired) electrons. The highest BCUT2D eigenvalue weighted by molar-refractivity contribution is 6.30. The van der Waals surface area contributed by atoms with E-state index < -0.39 is 0 Å². The average molecular weight is 380 g/mol. The molecule has 0 unspecified atom stereocenters. The average Bonchev–Trinajstić information content (AvgIpc) is 2.72. The van der Waals surface area contributed by atoms with Gasteiger partial charge in [0.25, 0.3) is 11.8 Å². The van der Waals surface area contributed by atoms with Crippen LogP contribution in [0.4, 0.5) is 0 Å². The Labute approximate surface area is 162 Å². The maximum atomic E-state index is 12.3. The molecule has 0 saturated carbocycles. The topological polar surface area (TPSA) is 71.1 Å². The third kappa shape index (κ3) is 5.39. The SMILES string of the molecule is O=C(NCc1ccccc1)c1cccc(C(=O)NCc2ccc(Cl)cc2)n1. The van der Waals surface area contributed by atoms with E-state index in [9.17, 15) is 9.59 Å². The number of nitrogens with zero attached hydrogens (tertiary/aromatic N) is 1. The zero-order chi connectivity index (χ0) is 19.1. The van der Waals surface area contributed by atoms with E-state index in [2.05, 4.69) is 15.6 Å². The molecule has 0 saturated heterocycles. The van der Waals surface area contributed by atoms with Crippen molar-refractivity contribution in [3.05, 3.63) is 100 Å². The van der Waals surface area contributed by atoms with Gasteiger partial charge >= 0.3 is 0 Å². The molecule has 0 aliphatic carbocycles. The van der Waals surface area contributed by atoms with Crippen LogP contribution in [0.1, 0.15) is 32.1 Å². The van der Waals surface area contributed by atoms with E-state index in [-0.39, 0.29) is 23.2 Å². The largest absolute Gasteiger partial charge is 0.347 e. The Kier molecular flexibility index (Phi) is 6.18. The van der Waals surface area contributed by atoms with E-state index in [1.807, 2.05) is 42.5 Å². The van der Waals surface area contributed by atoms with Crippen LogP contribution in [0.3, 0.4) is 0 Å². The summed E-state index contributed by atoms with van der Waals surface area (Å²) < 4.78 is 0. The van der Waals surface area contributed by atoms with Crippen LogP contribution in [0.25, 0.3) is 0 Å². The Hall–Kier alpha value is -3.18. The molecule has 0 aliphatic rings. The Morgan fingerprint density at radius 2 is 1.22 bits per heavy atom. The Balaban J connectivity index is 1.59. The summed E-state index contributed by atoms with van der Waals surface area (Å²) in [6.07, 6.45) is 0. The molecule has 136 valence electrons. The van der Waals surface area contributed by atoms with Crippen molar-refractivity contribution in [1.29, 1.82) is 0 Å². The van der Waals surface area contributed by atoms with Gasteiger partial charge in [-0.25, -0.2) is 4.98 Å². The lowest BCUT2D eigenvalue weighted by Crippen LogP contribution is -2.27. The first-order valence-corrected chi connectivity index (χ1v) is 8.81. The van der Waals surface area contributed by atoms with E-state index in [1.54, 1.807) is 30.3 Å². The monoisotopic (exact) mass is 379 g/mol. The van der Waals surface area contributed by atoms with Gasteiger partial charge in [-0.15, -0.1) is 0 Å². The van der Waals surface area contributed by atoms with Gasteiger partial charge in [-0.3, -0.25) is 9.59 Å². The van der Waals surface area contributed by atoms with Crippen molar-refractivity contribution in [3.63, 3.8) is 0 Å². The summed E-state index contributed by atoms with van der Waals surface area (Å²) in [6.45, 7) is 0.746. The van der Waals surface area contributed by atoms with Crippen molar-refractivity contribution in [2.75, 3.05) is 0 Å². The summed E-state index contributed by atoms with van der Waals surface area (Å²) >= 11 is 5.85. The molecule has 2 aromatic carbocycles. The van der Waals surface area contributed by atoms with Crippen LogP contribution in [0, 0.1) is 0 Å². The van der Waals surface area contributed by atoms with Crippen LogP contribution >= 0.6 is 11.6 Å². The smallest absolute Gasteiger partial charge is 0.270 e. The summed E-state index contributed by atoms with van der Waals surface area (Å²) in [6, 6.07) is 21.6. The van der Waals surface area contributed by atoms with Gasteiger partial charge in [0.15, 0.2) is 0 Å². The molecule has 0 spiro atoms. The highest BCUT2D eigenvalue weighted by atomic mass is 35.5. The fourth-order valence-electron chi connectivity index (χ4n) is 2.43. The first-order valence-electron chi connectivity index (χ1n) is 8.43. The standard InChI is InChI=1S/C21H18ClN3O2/c22-17-11-9-16(10-12-17)14-24-21(27)19-8-4-7-18(25-19)20(26)23-13-15-5-2-1-3-6-15/h1-12H,13-14H2,(H,23,26)(H,24,27). The number of halogens is 1. The third-order valence-electron chi connectivity index (χ3n) is 3.88. The second-order valence-corrected chi connectivity index (χ2v) is 6.32. The molecule has 27 heavy (non-hydrogen) atoms. The van der Waals surface area contributed by atoms with Crippen LogP contribution in [0.15, 0.2) is 72.8 Å². The summed E-state index contributed by atoms with van der Waals surface area (Å²) in [5, 5.41) is 6.22. The highest BCUT2D eigenvalue weighted by Crippen LogP contribution is 2.09. The molecule has 2 amide bonds. The van der Waals surface area contributed by atoms with Gasteiger partial charge in [-0.1, -0.05) is 60.1 Å². The van der Waals surface area contributed by atoms with Crippen molar-refractivity contribution < 1.29 is 9.59 Å². The number of pyridine rings is 1. The Morgan fingerprint density at radius 1 is 0.704 bits per heavy atom. The minimum Gasteiger partial charge on any atom is -0.347 e. The fourth-order valence-corrected chi connectivity index (χ4v) is 2.56. The predicted octanol–water partition coefficient (Wildman–Crippen LogP) is 3.60. The molecule has 0 bridgehead atoms. The van der Waals surface area contributed by atoms with E-state index >= 15 is 0 Å². The van der Waals surface area contributed by atoms with E-state index in [1.165, 1.54) is 0 Å². The second-order valence-electron chi connectivity index (χ2n) is 5.89. The molecule has 3 rings (SSSR count). The van der Waals surface area contributed by atoms with Crippen molar-refractivity contribution >= 4 is 23.4 Å². The number of rotatable bonds is 6. The fraction of sp³-hybridized carbons (Fsp3) is 0.0952. The lowest BCUT2D eigenvalue weighted by molar-refractivity contribution is 0.0941. The molecular weight excluding hydrogens is 362 g/mol. The number of amides is 2. The maximum Gasteiger partial charge on any atom is 0.270 e. The number of hydrogen-bond donors (Lipinski definition) is 2. The molecule has 5 nitrogen and oxygen atoms in total. The minimum atomic E-state index is -0.345. The summed E-state index contributed by atoms with van der Waals surface area (Å²) in [7, 11) is 0. The third-order valence-corrected chi connectivity index (χ3v) is 4.13. The van der Waals surface area contributed by atoms with Crippen LogP contribution in [-0.4, -0.2) is 16.8 Å². The van der Waals surface area contributed by atoms with Gasteiger partial charge in [0.2, 0.25) is 0 Å². The zero-order valence-electron chi connectivity index (χ0n) is 14.5. The quantitative estimate of drug-likeness (QED) is 0.687. The maximum absolute atomic E-state index is 12.3. The first-order chi connectivity index (χ1) is 13.1. The van der Waals surface area contributed by atoms with Crippen LogP contribution in [0.5, 0.6) is 0 Å². The summed E-state index contributed by atoms with van der Waals surface area (Å²) in [4.78, 5) is 28.8. The molecular formula is C21H18ClN3O2. The minimum absolute atomic E-state index is 0.191. The molecule has 1 aromatic heterocycles. The molecule has 3 aromatic rings. The number of hydrogen-bond acceptors (Lipinski definition) is 3. The molecule has 0 aliphatic heterocycles. The summed E-state index contributed by atoms with van der Waals surface area (Å²) in [5.41, 5.74) is 2.30. The molecule has 0 atom stereocenters. The predicted molar refractivity (Wildman–Crippen MR) is 104 cm³/mol. The van der Waals surface area contributed by atoms with E-state index in [0.717, 1.165) is 11.1 Å². The van der Waals surface area contributed by atoms with Crippen molar-refractivity contribution in [2.45, 2.75) is 13.1 Å². The number of carbonyl (C=O) groups excluding carboxylic acids is 2. The van der Waals surface area contributed by atoms with E-state index in [4.69, 9.17) is 11.6 Å². The van der Waals surface area contributed by atoms with Crippen molar-refractivity contribution in [1.82, 2.24) is 15.6 Å². The second kappa shape index (κ2) is 8.96. The van der Waals surface area contributed by atoms with Crippen molar-refractivity contribution in [3.8, 4) is 0 Å². The highest BCUT2D eigenvalue weighted by Gasteiger charge is 2.12. The number of nitrogens with one attached hydrogen (secondary N) is 2. The molecule has 0 fully saturated rings. The first kappa shape index (κ1) is 18.6. The van der Waals surface area contributed by atoms with Gasteiger partial charge in [0, 0.05) is 18.1 Å². The van der Waals surface area contributed by atoms with Gasteiger partial charge in [-0.05, 0) is 35.4 Å². The van der Waals surface area contributed by atoms with Gasteiger partial charge < -0.3 is 10.6 Å². The van der Waals surface area contributed by atoms with Gasteiger partial charge in [0.1, 0.15) is 11.4 Å². The molecule has 6 heteroatoms. The lowest BCUT2D eigenvalue weighted by atomic mass is 10.2. The zero-order valence-corrected chi connectivity index (χ0v) is 15.2. The molecule has 2 N–H and O–H groups in total. The Bertz CT molecular complexity index is 928. The van der Waals surface area contributed by atoms with Gasteiger partial charge in [-0.2, -0.15) is 0 Å². The Morgan fingerprint density at radius 3 is 1.78 bits per heavy atom. The number of carbonyl (C=O) groups is 2. The van der Waals surface area contributed by atoms with Crippen molar-refractivity contribution in [2.24, 2.45) is 0 Å². The number of aromatic nitrogens is 1. The van der Waals surface area contributed by atoms with Gasteiger partial charge in [0.05, 0.1) is 0 Å². The normalized spacial score (nSPS) is 10.3. The molecule has 1 heterocycles. The lowest BCUT2D eigenvalue weighted by Gasteiger charge is -2.08. The van der Waals surface area contributed by atoms with Crippen LogP contribution < -0.4 is 10.6 Å². The summed E-state index contributed by atoms with van der Waals surface area (Å²) in [5.74, 6) is -0.672. The van der Waals surface area contributed by atoms with E-state index in [0.29, 0.717) is 18.1 Å². The van der Waals surface area contributed by atoms with Crippen LogP contribution in [-0.2, 0) is 13.1 Å². The number of benzene rings is 2.